The first kappa shape index (κ1) is 17.5. The zero-order chi connectivity index (χ0) is 20.1. The molecule has 0 bridgehead atoms. The second kappa shape index (κ2) is 6.84. The first-order chi connectivity index (χ1) is 14.8. The maximum absolute atomic E-state index is 13.1. The average molecular weight is 390 g/mol. The van der Waals surface area contributed by atoms with Gasteiger partial charge in [-0.25, -0.2) is 4.79 Å². The summed E-state index contributed by atoms with van der Waals surface area (Å²) in [5.41, 5.74) is 8.91. The summed E-state index contributed by atoms with van der Waals surface area (Å²) in [5.74, 6) is 0.445. The molecule has 30 heavy (non-hydrogen) atoms. The topological polar surface area (TPSA) is 30.2 Å². The van der Waals surface area contributed by atoms with E-state index in [1.54, 1.807) is 0 Å². The Bertz CT molecular complexity index is 1360. The molecular weight excluding hydrogens is 368 g/mol. The number of benzene rings is 3. The summed E-state index contributed by atoms with van der Waals surface area (Å²) in [6.07, 6.45) is 3.96. The second-order valence-corrected chi connectivity index (χ2v) is 8.33. The van der Waals surface area contributed by atoms with E-state index in [0.717, 1.165) is 42.2 Å². The summed E-state index contributed by atoms with van der Waals surface area (Å²) >= 11 is 0. The van der Waals surface area contributed by atoms with E-state index in [1.807, 2.05) is 18.2 Å². The molecule has 1 aromatic heterocycles. The molecule has 0 amide bonds. The van der Waals surface area contributed by atoms with E-state index in [9.17, 15) is 4.79 Å². The van der Waals surface area contributed by atoms with Crippen molar-refractivity contribution in [3.8, 4) is 0 Å². The minimum absolute atomic E-state index is 0.190. The van der Waals surface area contributed by atoms with Gasteiger partial charge in [-0.15, -0.1) is 0 Å². The number of allylic oxidation sites excluding steroid dienone is 1. The van der Waals surface area contributed by atoms with Crippen LogP contribution in [0.4, 0.5) is 0 Å². The number of para-hydroxylation sites is 1. The molecule has 0 N–H and O–H groups in total. The monoisotopic (exact) mass is 390 g/mol. The van der Waals surface area contributed by atoms with Crippen LogP contribution < -0.4 is 5.63 Å². The van der Waals surface area contributed by atoms with E-state index in [4.69, 9.17) is 4.42 Å². The van der Waals surface area contributed by atoms with Crippen LogP contribution in [0.15, 0.2) is 88.1 Å². The Labute approximate surface area is 175 Å². The lowest BCUT2D eigenvalue weighted by Gasteiger charge is -2.29. The van der Waals surface area contributed by atoms with Gasteiger partial charge in [0.05, 0.1) is 0 Å². The van der Waals surface area contributed by atoms with Crippen molar-refractivity contribution in [2.45, 2.75) is 25.7 Å². The lowest BCUT2D eigenvalue weighted by Crippen LogP contribution is -2.14. The summed E-state index contributed by atoms with van der Waals surface area (Å²) in [5, 5.41) is 1.03. The fourth-order valence-electron chi connectivity index (χ4n) is 5.38. The van der Waals surface area contributed by atoms with Crippen LogP contribution in [0.25, 0.3) is 22.1 Å². The Morgan fingerprint density at radius 2 is 1.50 bits per heavy atom. The van der Waals surface area contributed by atoms with Gasteiger partial charge >= 0.3 is 5.63 Å². The number of aryl methyl sites for hydroxylation is 1. The zero-order valence-electron chi connectivity index (χ0n) is 16.7. The molecule has 0 fully saturated rings. The Hall–Kier alpha value is -3.39. The van der Waals surface area contributed by atoms with Gasteiger partial charge in [0.1, 0.15) is 5.58 Å². The number of fused-ring (bicyclic) bond motifs is 6. The molecular formula is C28H22O2. The molecule has 1 atom stereocenters. The molecule has 0 spiro atoms. The van der Waals surface area contributed by atoms with Gasteiger partial charge in [-0.2, -0.15) is 0 Å². The lowest BCUT2D eigenvalue weighted by atomic mass is 9.74. The highest BCUT2D eigenvalue weighted by Gasteiger charge is 2.33. The van der Waals surface area contributed by atoms with E-state index < -0.39 is 0 Å². The smallest absolute Gasteiger partial charge is 0.340 e. The summed E-state index contributed by atoms with van der Waals surface area (Å²) in [7, 11) is 0. The molecule has 1 unspecified atom stereocenters. The van der Waals surface area contributed by atoms with Crippen LogP contribution in [0, 0.1) is 5.92 Å². The summed E-state index contributed by atoms with van der Waals surface area (Å²) in [6.45, 7) is 0. The molecule has 0 saturated carbocycles. The van der Waals surface area contributed by atoms with Crippen molar-refractivity contribution in [3.63, 3.8) is 0 Å². The molecule has 146 valence electrons. The lowest BCUT2D eigenvalue weighted by molar-refractivity contribution is 0.523. The number of hydrogen-bond acceptors (Lipinski definition) is 2. The van der Waals surface area contributed by atoms with Crippen molar-refractivity contribution in [2.75, 3.05) is 0 Å². The molecule has 6 rings (SSSR count). The third kappa shape index (κ3) is 2.60. The highest BCUT2D eigenvalue weighted by atomic mass is 16.4. The van der Waals surface area contributed by atoms with Crippen LogP contribution in [-0.2, 0) is 12.8 Å². The Balaban J connectivity index is 1.82. The fraction of sp³-hybridized carbons (Fsp3) is 0.179. The maximum Gasteiger partial charge on any atom is 0.340 e. The molecule has 2 nitrogen and oxygen atoms in total. The van der Waals surface area contributed by atoms with Crippen LogP contribution in [0.2, 0.25) is 0 Å². The highest BCUT2D eigenvalue weighted by Crippen LogP contribution is 2.48. The predicted molar refractivity (Wildman–Crippen MR) is 121 cm³/mol. The van der Waals surface area contributed by atoms with Gasteiger partial charge in [0.15, 0.2) is 0 Å². The van der Waals surface area contributed by atoms with Crippen LogP contribution in [0.1, 0.15) is 40.7 Å². The fourth-order valence-corrected chi connectivity index (χ4v) is 5.38. The molecule has 2 heteroatoms. The van der Waals surface area contributed by atoms with E-state index >= 15 is 0 Å². The van der Waals surface area contributed by atoms with Gasteiger partial charge in [0.25, 0.3) is 0 Å². The maximum atomic E-state index is 13.1. The van der Waals surface area contributed by atoms with Gasteiger partial charge < -0.3 is 4.42 Å². The highest BCUT2D eigenvalue weighted by molar-refractivity contribution is 6.07. The van der Waals surface area contributed by atoms with Crippen molar-refractivity contribution in [2.24, 2.45) is 5.92 Å². The number of rotatable bonds is 1. The predicted octanol–water partition coefficient (Wildman–Crippen LogP) is 6.26. The zero-order valence-corrected chi connectivity index (χ0v) is 16.7. The Morgan fingerprint density at radius 3 is 2.40 bits per heavy atom. The summed E-state index contributed by atoms with van der Waals surface area (Å²) in [4.78, 5) is 13.1. The van der Waals surface area contributed by atoms with Gasteiger partial charge in [0, 0.05) is 16.5 Å². The van der Waals surface area contributed by atoms with Gasteiger partial charge in [-0.05, 0) is 65.5 Å². The van der Waals surface area contributed by atoms with E-state index in [2.05, 4.69) is 60.7 Å². The third-order valence-electron chi connectivity index (χ3n) is 6.71. The van der Waals surface area contributed by atoms with Crippen LogP contribution in [-0.4, -0.2) is 0 Å². The quantitative estimate of drug-likeness (QED) is 0.359. The van der Waals surface area contributed by atoms with Crippen molar-refractivity contribution >= 4 is 22.1 Å². The number of hydrogen-bond donors (Lipinski definition) is 0. The Kier molecular flexibility index (Phi) is 3.98. The largest absolute Gasteiger partial charge is 0.422 e. The first-order valence-electron chi connectivity index (χ1n) is 10.7. The summed E-state index contributed by atoms with van der Waals surface area (Å²) < 4.78 is 5.74. The Morgan fingerprint density at radius 1 is 0.767 bits per heavy atom. The van der Waals surface area contributed by atoms with Crippen molar-refractivity contribution in [1.82, 2.24) is 0 Å². The van der Waals surface area contributed by atoms with Gasteiger partial charge in [-0.3, -0.25) is 0 Å². The van der Waals surface area contributed by atoms with Crippen molar-refractivity contribution in [3.05, 3.63) is 117 Å². The average Bonchev–Trinajstić information content (AvgIpc) is 2.98. The summed E-state index contributed by atoms with van der Waals surface area (Å²) in [6, 6.07) is 27.3. The molecule has 4 aromatic rings. The standard InChI is InChI=1S/C28H22O2/c29-28-23-17-16-20-15-14-18-8-4-5-11-21(18)25(20)26(19-9-2-1-3-10-19)27(23)22-12-6-7-13-24(22)30-28/h1-13,20H,14-17H2. The molecule has 1 heterocycles. The minimum atomic E-state index is -0.190. The third-order valence-corrected chi connectivity index (χ3v) is 6.71. The van der Waals surface area contributed by atoms with E-state index in [0.29, 0.717) is 11.5 Å². The van der Waals surface area contributed by atoms with Gasteiger partial charge in [0.2, 0.25) is 0 Å². The first-order valence-corrected chi connectivity index (χ1v) is 10.7. The molecule has 2 aliphatic rings. The van der Waals surface area contributed by atoms with Crippen LogP contribution in [0.5, 0.6) is 0 Å². The van der Waals surface area contributed by atoms with Crippen LogP contribution in [0.3, 0.4) is 0 Å². The molecule has 0 saturated heterocycles. The molecule has 0 radical (unpaired) electrons. The molecule has 0 aliphatic heterocycles. The van der Waals surface area contributed by atoms with Crippen molar-refractivity contribution < 1.29 is 4.42 Å². The van der Waals surface area contributed by atoms with E-state index in [-0.39, 0.29) is 5.63 Å². The normalized spacial score (nSPS) is 17.8. The van der Waals surface area contributed by atoms with Crippen molar-refractivity contribution in [1.29, 1.82) is 0 Å². The van der Waals surface area contributed by atoms with E-state index in [1.165, 1.54) is 27.8 Å². The molecule has 2 aliphatic carbocycles. The SMILES string of the molecule is O=c1oc2ccccc2c2c1CCC1CCc3ccccc3C1=C2c1ccccc1. The second-order valence-electron chi connectivity index (χ2n) is 8.33. The molecule has 3 aromatic carbocycles. The van der Waals surface area contributed by atoms with Crippen LogP contribution >= 0.6 is 0 Å². The minimum Gasteiger partial charge on any atom is -0.422 e. The van der Waals surface area contributed by atoms with Gasteiger partial charge in [-0.1, -0.05) is 72.8 Å².